The summed E-state index contributed by atoms with van der Waals surface area (Å²) in [7, 11) is -3.44. The third kappa shape index (κ3) is 4.94. The maximum Gasteiger partial charge on any atom is 0.276 e. The van der Waals surface area contributed by atoms with Crippen LogP contribution in [0.5, 0.6) is 0 Å². The SMILES string of the molecule is CCNS(=O)(=O)NC[C@@H](c1ccco1)N(CC)CC. The van der Waals surface area contributed by atoms with Gasteiger partial charge in [0, 0.05) is 13.1 Å². The van der Waals surface area contributed by atoms with E-state index in [4.69, 9.17) is 4.42 Å². The largest absolute Gasteiger partial charge is 0.468 e. The number of hydrogen-bond donors (Lipinski definition) is 2. The second-order valence-electron chi connectivity index (χ2n) is 4.10. The zero-order chi connectivity index (χ0) is 14.3. The van der Waals surface area contributed by atoms with Gasteiger partial charge >= 0.3 is 0 Å². The number of hydrogen-bond acceptors (Lipinski definition) is 4. The van der Waals surface area contributed by atoms with Gasteiger partial charge in [0.15, 0.2) is 0 Å². The maximum atomic E-state index is 11.6. The summed E-state index contributed by atoms with van der Waals surface area (Å²) in [6, 6.07) is 3.58. The average molecular weight is 289 g/mol. The van der Waals surface area contributed by atoms with Crippen molar-refractivity contribution in [2.45, 2.75) is 26.8 Å². The number of rotatable bonds is 9. The first kappa shape index (κ1) is 16.2. The molecule has 1 aromatic rings. The summed E-state index contributed by atoms with van der Waals surface area (Å²) in [5.74, 6) is 0.767. The minimum absolute atomic E-state index is 0.0987. The van der Waals surface area contributed by atoms with Crippen molar-refractivity contribution >= 4 is 10.2 Å². The summed E-state index contributed by atoms with van der Waals surface area (Å²) >= 11 is 0. The van der Waals surface area contributed by atoms with Crippen LogP contribution >= 0.6 is 0 Å². The molecule has 110 valence electrons. The van der Waals surface area contributed by atoms with E-state index in [0.29, 0.717) is 6.54 Å². The summed E-state index contributed by atoms with van der Waals surface area (Å²) in [6.07, 6.45) is 1.60. The summed E-state index contributed by atoms with van der Waals surface area (Å²) in [6.45, 7) is 8.12. The molecule has 19 heavy (non-hydrogen) atoms. The van der Waals surface area contributed by atoms with E-state index in [0.717, 1.165) is 18.8 Å². The average Bonchev–Trinajstić information content (AvgIpc) is 2.88. The van der Waals surface area contributed by atoms with E-state index in [1.807, 2.05) is 26.0 Å². The van der Waals surface area contributed by atoms with Crippen molar-refractivity contribution in [1.82, 2.24) is 14.3 Å². The fraction of sp³-hybridized carbons (Fsp3) is 0.667. The van der Waals surface area contributed by atoms with Crippen molar-refractivity contribution in [2.75, 3.05) is 26.2 Å². The molecule has 2 N–H and O–H groups in total. The third-order valence-corrected chi connectivity index (χ3v) is 4.14. The van der Waals surface area contributed by atoms with Crippen molar-refractivity contribution in [3.8, 4) is 0 Å². The Bertz CT molecular complexity index is 441. The van der Waals surface area contributed by atoms with E-state index < -0.39 is 10.2 Å². The Morgan fingerprint density at radius 2 is 1.95 bits per heavy atom. The van der Waals surface area contributed by atoms with Crippen molar-refractivity contribution in [3.63, 3.8) is 0 Å². The standard InChI is InChI=1S/C12H23N3O3S/c1-4-13-19(16,17)14-10-11(15(5-2)6-3)12-8-7-9-18-12/h7-9,11,13-14H,4-6,10H2,1-3H3/t11-/m0/s1. The molecule has 0 aromatic carbocycles. The second kappa shape index (κ2) is 7.64. The molecule has 0 saturated carbocycles. The summed E-state index contributed by atoms with van der Waals surface area (Å²) in [4.78, 5) is 2.15. The van der Waals surface area contributed by atoms with Gasteiger partial charge in [-0.15, -0.1) is 0 Å². The molecule has 0 fully saturated rings. The Labute approximate surface area is 115 Å². The van der Waals surface area contributed by atoms with Gasteiger partial charge in [-0.25, -0.2) is 9.44 Å². The lowest BCUT2D eigenvalue weighted by Gasteiger charge is -2.28. The van der Waals surface area contributed by atoms with E-state index in [2.05, 4.69) is 14.3 Å². The van der Waals surface area contributed by atoms with Crippen molar-refractivity contribution in [1.29, 1.82) is 0 Å². The first-order valence-electron chi connectivity index (χ1n) is 6.55. The Morgan fingerprint density at radius 1 is 1.26 bits per heavy atom. The first-order chi connectivity index (χ1) is 9.04. The van der Waals surface area contributed by atoms with Crippen LogP contribution in [-0.4, -0.2) is 39.5 Å². The number of nitrogens with zero attached hydrogens (tertiary/aromatic N) is 1. The predicted octanol–water partition coefficient (Wildman–Crippen LogP) is 1.11. The van der Waals surface area contributed by atoms with Gasteiger partial charge in [-0.05, 0) is 25.2 Å². The fourth-order valence-electron chi connectivity index (χ4n) is 1.98. The zero-order valence-electron chi connectivity index (χ0n) is 11.7. The summed E-state index contributed by atoms with van der Waals surface area (Å²) < 4.78 is 33.6. The molecular weight excluding hydrogens is 266 g/mol. The first-order valence-corrected chi connectivity index (χ1v) is 8.04. The van der Waals surface area contributed by atoms with Crippen LogP contribution in [0.4, 0.5) is 0 Å². The van der Waals surface area contributed by atoms with Crippen LogP contribution in [-0.2, 0) is 10.2 Å². The second-order valence-corrected chi connectivity index (χ2v) is 5.69. The molecule has 1 rings (SSSR count). The van der Waals surface area contributed by atoms with Crippen LogP contribution in [0.1, 0.15) is 32.6 Å². The van der Waals surface area contributed by atoms with E-state index >= 15 is 0 Å². The lowest BCUT2D eigenvalue weighted by molar-refractivity contribution is 0.194. The molecule has 0 spiro atoms. The van der Waals surface area contributed by atoms with Gasteiger partial charge in [0.1, 0.15) is 5.76 Å². The third-order valence-electron chi connectivity index (χ3n) is 2.93. The minimum Gasteiger partial charge on any atom is -0.468 e. The van der Waals surface area contributed by atoms with Gasteiger partial charge in [-0.1, -0.05) is 20.8 Å². The van der Waals surface area contributed by atoms with Crippen LogP contribution in [0.25, 0.3) is 0 Å². The highest BCUT2D eigenvalue weighted by molar-refractivity contribution is 7.87. The smallest absolute Gasteiger partial charge is 0.276 e. The van der Waals surface area contributed by atoms with Gasteiger partial charge in [0.2, 0.25) is 0 Å². The van der Waals surface area contributed by atoms with Crippen molar-refractivity contribution < 1.29 is 12.8 Å². The molecule has 1 aromatic heterocycles. The van der Waals surface area contributed by atoms with Crippen LogP contribution in [0, 0.1) is 0 Å². The van der Waals surface area contributed by atoms with E-state index in [-0.39, 0.29) is 12.6 Å². The van der Waals surface area contributed by atoms with Crippen LogP contribution < -0.4 is 9.44 Å². The molecule has 1 heterocycles. The Morgan fingerprint density at radius 3 is 2.42 bits per heavy atom. The molecule has 0 saturated heterocycles. The normalized spacial score (nSPS) is 13.9. The molecule has 7 heteroatoms. The van der Waals surface area contributed by atoms with Gasteiger partial charge in [-0.2, -0.15) is 8.42 Å². The molecule has 0 aliphatic heterocycles. The Balaban J connectivity index is 2.76. The molecule has 0 unspecified atom stereocenters. The summed E-state index contributed by atoms with van der Waals surface area (Å²) in [5, 5.41) is 0. The molecule has 0 aliphatic rings. The van der Waals surface area contributed by atoms with E-state index in [1.54, 1.807) is 13.2 Å². The molecular formula is C12H23N3O3S. The highest BCUT2D eigenvalue weighted by Crippen LogP contribution is 2.20. The van der Waals surface area contributed by atoms with Gasteiger partial charge in [0.05, 0.1) is 12.3 Å². The highest BCUT2D eigenvalue weighted by atomic mass is 32.2. The van der Waals surface area contributed by atoms with Crippen molar-refractivity contribution in [3.05, 3.63) is 24.2 Å². The summed E-state index contributed by atoms with van der Waals surface area (Å²) in [5.41, 5.74) is 0. The number of likely N-dealkylation sites (N-methyl/N-ethyl adjacent to an activating group) is 1. The highest BCUT2D eigenvalue weighted by Gasteiger charge is 2.22. The maximum absolute atomic E-state index is 11.6. The molecule has 0 amide bonds. The lowest BCUT2D eigenvalue weighted by atomic mass is 10.2. The quantitative estimate of drug-likeness (QED) is 0.714. The molecule has 1 atom stereocenters. The van der Waals surface area contributed by atoms with Crippen molar-refractivity contribution in [2.24, 2.45) is 0 Å². The zero-order valence-corrected chi connectivity index (χ0v) is 12.5. The molecule has 6 nitrogen and oxygen atoms in total. The number of furan rings is 1. The molecule has 0 aliphatic carbocycles. The van der Waals surface area contributed by atoms with E-state index in [1.165, 1.54) is 0 Å². The van der Waals surface area contributed by atoms with Gasteiger partial charge in [-0.3, -0.25) is 4.90 Å². The topological polar surface area (TPSA) is 74.6 Å². The Kier molecular flexibility index (Phi) is 6.50. The van der Waals surface area contributed by atoms with Crippen LogP contribution in [0.15, 0.2) is 22.8 Å². The number of nitrogens with one attached hydrogen (secondary N) is 2. The monoisotopic (exact) mass is 289 g/mol. The predicted molar refractivity (Wildman–Crippen MR) is 75.0 cm³/mol. The van der Waals surface area contributed by atoms with Crippen LogP contribution in [0.3, 0.4) is 0 Å². The lowest BCUT2D eigenvalue weighted by Crippen LogP contribution is -2.42. The van der Waals surface area contributed by atoms with Crippen LogP contribution in [0.2, 0.25) is 0 Å². The van der Waals surface area contributed by atoms with E-state index in [9.17, 15) is 8.42 Å². The van der Waals surface area contributed by atoms with Gasteiger partial charge < -0.3 is 4.42 Å². The van der Waals surface area contributed by atoms with Gasteiger partial charge in [0.25, 0.3) is 10.2 Å². The fourth-order valence-corrected chi connectivity index (χ4v) is 2.84. The minimum atomic E-state index is -3.44. The Hall–Kier alpha value is -0.890. The molecule has 0 bridgehead atoms. The molecule has 0 radical (unpaired) electrons.